The van der Waals surface area contributed by atoms with Gasteiger partial charge in [0.1, 0.15) is 11.4 Å². The number of para-hydroxylation sites is 2. The van der Waals surface area contributed by atoms with Crippen molar-refractivity contribution in [2.75, 3.05) is 7.11 Å². The number of hydrogen-bond donors (Lipinski definition) is 2. The third-order valence-corrected chi connectivity index (χ3v) is 3.39. The Morgan fingerprint density at radius 3 is 2.81 bits per heavy atom. The highest BCUT2D eigenvalue weighted by Gasteiger charge is 2.09. The van der Waals surface area contributed by atoms with Crippen molar-refractivity contribution < 1.29 is 9.84 Å². The summed E-state index contributed by atoms with van der Waals surface area (Å²) in [5.41, 5.74) is 3.43. The molecular weight excluding hydrogens is 264 g/mol. The molecule has 0 atom stereocenters. The lowest BCUT2D eigenvalue weighted by atomic mass is 10.1. The number of aryl methyl sites for hydroxylation is 1. The van der Waals surface area contributed by atoms with Crippen LogP contribution in [-0.4, -0.2) is 23.4 Å². The molecule has 0 aliphatic rings. The first-order chi connectivity index (χ1) is 10.2. The van der Waals surface area contributed by atoms with Crippen LogP contribution in [0.4, 0.5) is 5.69 Å². The number of hydrogen-bond acceptors (Lipinski definition) is 3. The predicted octanol–water partition coefficient (Wildman–Crippen LogP) is 3.94. The second kappa shape index (κ2) is 5.32. The molecule has 4 nitrogen and oxygen atoms in total. The van der Waals surface area contributed by atoms with E-state index in [0.29, 0.717) is 11.3 Å². The molecule has 0 saturated carbocycles. The van der Waals surface area contributed by atoms with E-state index in [4.69, 9.17) is 4.74 Å². The van der Waals surface area contributed by atoms with Gasteiger partial charge >= 0.3 is 0 Å². The molecule has 0 amide bonds. The van der Waals surface area contributed by atoms with E-state index < -0.39 is 0 Å². The quantitative estimate of drug-likeness (QED) is 0.714. The summed E-state index contributed by atoms with van der Waals surface area (Å²) in [5, 5.41) is 11.0. The smallest absolute Gasteiger partial charge is 0.198 e. The van der Waals surface area contributed by atoms with Gasteiger partial charge in [-0.15, -0.1) is 0 Å². The van der Waals surface area contributed by atoms with Crippen LogP contribution >= 0.6 is 0 Å². The number of aromatic nitrogens is 1. The normalized spacial score (nSPS) is 11.3. The number of methoxy groups -OCH3 is 1. The zero-order valence-electron chi connectivity index (χ0n) is 11.9. The van der Waals surface area contributed by atoms with Crippen molar-refractivity contribution >= 4 is 22.8 Å². The Balaban J connectivity index is 2.05. The number of aliphatic imine (C=N–C) groups is 1. The second-order valence-corrected chi connectivity index (χ2v) is 4.87. The molecule has 0 aliphatic carbocycles. The highest BCUT2D eigenvalue weighted by Crippen LogP contribution is 2.29. The van der Waals surface area contributed by atoms with Gasteiger partial charge in [0.2, 0.25) is 0 Å². The number of aromatic amines is 1. The molecular formula is C17H16N2O2. The van der Waals surface area contributed by atoms with Gasteiger partial charge in [-0.3, -0.25) is 4.99 Å². The average molecular weight is 280 g/mol. The third kappa shape index (κ3) is 2.48. The Morgan fingerprint density at radius 2 is 2.00 bits per heavy atom. The molecule has 0 radical (unpaired) electrons. The molecule has 0 aliphatic heterocycles. The Labute approximate surface area is 122 Å². The van der Waals surface area contributed by atoms with Gasteiger partial charge in [0.25, 0.3) is 0 Å². The lowest BCUT2D eigenvalue weighted by molar-refractivity contribution is 0.416. The van der Waals surface area contributed by atoms with Gasteiger partial charge in [-0.05, 0) is 30.7 Å². The van der Waals surface area contributed by atoms with Crippen molar-refractivity contribution in [1.29, 1.82) is 0 Å². The zero-order chi connectivity index (χ0) is 14.8. The number of rotatable bonds is 3. The summed E-state index contributed by atoms with van der Waals surface area (Å²) in [7, 11) is 1.61. The van der Waals surface area contributed by atoms with Crippen LogP contribution in [0.2, 0.25) is 0 Å². The number of nitrogens with zero attached hydrogens (tertiary/aromatic N) is 1. The minimum Gasteiger partial charge on any atom is -0.494 e. The fourth-order valence-corrected chi connectivity index (χ4v) is 2.32. The van der Waals surface area contributed by atoms with Crippen molar-refractivity contribution in [1.82, 2.24) is 4.98 Å². The molecule has 3 aromatic rings. The number of H-pyrrole nitrogens is 1. The number of benzene rings is 2. The summed E-state index contributed by atoms with van der Waals surface area (Å²) in [6.07, 6.45) is 1.65. The van der Waals surface area contributed by atoms with Gasteiger partial charge in [0.15, 0.2) is 5.88 Å². The van der Waals surface area contributed by atoms with E-state index in [9.17, 15) is 5.11 Å². The number of ether oxygens (including phenoxy) is 1. The van der Waals surface area contributed by atoms with Crippen LogP contribution in [0, 0.1) is 6.92 Å². The SMILES string of the molecule is COc1ccccc1N=Cc1c(O)[nH]c2cc(C)ccc12. The maximum atomic E-state index is 10.1. The third-order valence-electron chi connectivity index (χ3n) is 3.39. The maximum Gasteiger partial charge on any atom is 0.198 e. The van der Waals surface area contributed by atoms with Gasteiger partial charge in [-0.25, -0.2) is 0 Å². The summed E-state index contributed by atoms with van der Waals surface area (Å²) in [4.78, 5) is 7.39. The molecule has 3 rings (SSSR count). The van der Waals surface area contributed by atoms with E-state index in [-0.39, 0.29) is 5.88 Å². The minimum atomic E-state index is 0.120. The van der Waals surface area contributed by atoms with Crippen LogP contribution in [-0.2, 0) is 0 Å². The van der Waals surface area contributed by atoms with Crippen LogP contribution in [0.15, 0.2) is 47.5 Å². The van der Waals surface area contributed by atoms with E-state index in [0.717, 1.165) is 22.2 Å². The summed E-state index contributed by atoms with van der Waals surface area (Å²) >= 11 is 0. The van der Waals surface area contributed by atoms with E-state index >= 15 is 0 Å². The molecule has 2 aromatic carbocycles. The van der Waals surface area contributed by atoms with E-state index in [1.165, 1.54) is 0 Å². The molecule has 21 heavy (non-hydrogen) atoms. The van der Waals surface area contributed by atoms with Gasteiger partial charge in [0.05, 0.1) is 12.7 Å². The lowest BCUT2D eigenvalue weighted by Crippen LogP contribution is -1.84. The molecule has 0 saturated heterocycles. The molecule has 0 bridgehead atoms. The second-order valence-electron chi connectivity index (χ2n) is 4.87. The average Bonchev–Trinajstić information content (AvgIpc) is 2.80. The van der Waals surface area contributed by atoms with E-state index in [2.05, 4.69) is 9.98 Å². The Morgan fingerprint density at radius 1 is 1.19 bits per heavy atom. The van der Waals surface area contributed by atoms with Crippen LogP contribution in [0.1, 0.15) is 11.1 Å². The van der Waals surface area contributed by atoms with Crippen molar-refractivity contribution in [3.05, 3.63) is 53.6 Å². The Hall–Kier alpha value is -2.75. The van der Waals surface area contributed by atoms with Crippen LogP contribution in [0.5, 0.6) is 11.6 Å². The topological polar surface area (TPSA) is 57.6 Å². The monoisotopic (exact) mass is 280 g/mol. The van der Waals surface area contributed by atoms with Gasteiger partial charge in [-0.1, -0.05) is 24.3 Å². The first-order valence-corrected chi connectivity index (χ1v) is 6.67. The molecule has 0 unspecified atom stereocenters. The largest absolute Gasteiger partial charge is 0.494 e. The van der Waals surface area contributed by atoms with Crippen molar-refractivity contribution in [3.63, 3.8) is 0 Å². The van der Waals surface area contributed by atoms with E-state index in [1.54, 1.807) is 13.3 Å². The molecule has 1 aromatic heterocycles. The molecule has 1 heterocycles. The zero-order valence-corrected chi connectivity index (χ0v) is 11.9. The van der Waals surface area contributed by atoms with Crippen LogP contribution in [0.25, 0.3) is 10.9 Å². The Bertz CT molecular complexity index is 819. The highest BCUT2D eigenvalue weighted by molar-refractivity contribution is 6.02. The maximum absolute atomic E-state index is 10.1. The molecule has 2 N–H and O–H groups in total. The number of aromatic hydroxyl groups is 1. The van der Waals surface area contributed by atoms with Crippen LogP contribution < -0.4 is 4.74 Å². The highest BCUT2D eigenvalue weighted by atomic mass is 16.5. The first kappa shape index (κ1) is 13.2. The first-order valence-electron chi connectivity index (χ1n) is 6.67. The van der Waals surface area contributed by atoms with Crippen LogP contribution in [0.3, 0.4) is 0 Å². The molecule has 0 spiro atoms. The Kier molecular flexibility index (Phi) is 3.36. The van der Waals surface area contributed by atoms with E-state index in [1.807, 2.05) is 49.4 Å². The number of nitrogens with one attached hydrogen (secondary N) is 1. The van der Waals surface area contributed by atoms with Gasteiger partial charge < -0.3 is 14.8 Å². The van der Waals surface area contributed by atoms with Gasteiger partial charge in [0, 0.05) is 17.1 Å². The fraction of sp³-hybridized carbons (Fsp3) is 0.118. The van der Waals surface area contributed by atoms with Crippen molar-refractivity contribution in [2.45, 2.75) is 6.92 Å². The summed E-state index contributed by atoms with van der Waals surface area (Å²) in [6.45, 7) is 2.01. The molecule has 4 heteroatoms. The minimum absolute atomic E-state index is 0.120. The van der Waals surface area contributed by atoms with Crippen molar-refractivity contribution in [3.8, 4) is 11.6 Å². The molecule has 0 fully saturated rings. The molecule has 106 valence electrons. The fourth-order valence-electron chi connectivity index (χ4n) is 2.32. The number of fused-ring (bicyclic) bond motifs is 1. The lowest BCUT2D eigenvalue weighted by Gasteiger charge is -2.02. The van der Waals surface area contributed by atoms with Gasteiger partial charge in [-0.2, -0.15) is 0 Å². The summed E-state index contributed by atoms with van der Waals surface area (Å²) in [6, 6.07) is 13.5. The standard InChI is InChI=1S/C17H16N2O2/c1-11-7-8-12-13(17(20)19-15(12)9-11)10-18-14-5-3-4-6-16(14)21-2/h3-10,19-20H,1-2H3. The van der Waals surface area contributed by atoms with Crippen molar-refractivity contribution in [2.24, 2.45) is 4.99 Å². The predicted molar refractivity (Wildman–Crippen MR) is 84.9 cm³/mol. The summed E-state index contributed by atoms with van der Waals surface area (Å²) in [5.74, 6) is 0.818. The summed E-state index contributed by atoms with van der Waals surface area (Å²) < 4.78 is 5.26.